The molecule has 17 heavy (non-hydrogen) atoms. The third kappa shape index (κ3) is 4.82. The van der Waals surface area contributed by atoms with Crippen molar-refractivity contribution in [1.82, 2.24) is 0 Å². The SMILES string of the molecule is CCCCCCSc1ccc(C)c(C(=O)O)c1. The number of unbranched alkanes of at least 4 members (excludes halogenated alkanes) is 3. The molecule has 0 saturated heterocycles. The Labute approximate surface area is 107 Å². The zero-order valence-corrected chi connectivity index (χ0v) is 11.3. The molecule has 0 radical (unpaired) electrons. The van der Waals surface area contributed by atoms with Crippen molar-refractivity contribution in [2.45, 2.75) is 44.4 Å². The van der Waals surface area contributed by atoms with Gasteiger partial charge in [-0.3, -0.25) is 0 Å². The van der Waals surface area contributed by atoms with Crippen molar-refractivity contribution in [2.24, 2.45) is 0 Å². The fourth-order valence-corrected chi connectivity index (χ4v) is 2.59. The number of rotatable bonds is 7. The van der Waals surface area contributed by atoms with E-state index >= 15 is 0 Å². The number of carboxylic acids is 1. The molecule has 0 spiro atoms. The highest BCUT2D eigenvalue weighted by Gasteiger charge is 2.07. The molecular weight excluding hydrogens is 232 g/mol. The van der Waals surface area contributed by atoms with E-state index in [1.54, 1.807) is 17.8 Å². The number of thioether (sulfide) groups is 1. The van der Waals surface area contributed by atoms with E-state index in [9.17, 15) is 4.79 Å². The van der Waals surface area contributed by atoms with E-state index in [2.05, 4.69) is 6.92 Å². The molecule has 3 heteroatoms. The Morgan fingerprint density at radius 3 is 2.71 bits per heavy atom. The average molecular weight is 252 g/mol. The van der Waals surface area contributed by atoms with Gasteiger partial charge in [-0.1, -0.05) is 32.3 Å². The lowest BCUT2D eigenvalue weighted by atomic mass is 10.1. The number of carbonyl (C=O) groups is 1. The van der Waals surface area contributed by atoms with Gasteiger partial charge in [0.1, 0.15) is 0 Å². The highest BCUT2D eigenvalue weighted by molar-refractivity contribution is 7.99. The fraction of sp³-hybridized carbons (Fsp3) is 0.500. The van der Waals surface area contributed by atoms with Gasteiger partial charge in [0, 0.05) is 4.90 Å². The van der Waals surface area contributed by atoms with Crippen LogP contribution in [0.3, 0.4) is 0 Å². The summed E-state index contributed by atoms with van der Waals surface area (Å²) < 4.78 is 0. The van der Waals surface area contributed by atoms with Crippen molar-refractivity contribution < 1.29 is 9.90 Å². The maximum absolute atomic E-state index is 11.0. The largest absolute Gasteiger partial charge is 0.478 e. The van der Waals surface area contributed by atoms with Gasteiger partial charge in [0.15, 0.2) is 0 Å². The first-order chi connectivity index (χ1) is 8.15. The molecule has 0 amide bonds. The highest BCUT2D eigenvalue weighted by Crippen LogP contribution is 2.22. The summed E-state index contributed by atoms with van der Waals surface area (Å²) in [6, 6.07) is 5.67. The molecule has 0 saturated carbocycles. The minimum absolute atomic E-state index is 0.420. The Balaban J connectivity index is 2.49. The summed E-state index contributed by atoms with van der Waals surface area (Å²) in [4.78, 5) is 12.0. The Bertz CT molecular complexity index is 374. The van der Waals surface area contributed by atoms with Gasteiger partial charge in [-0.15, -0.1) is 11.8 Å². The average Bonchev–Trinajstić information content (AvgIpc) is 2.30. The van der Waals surface area contributed by atoms with Crippen LogP contribution in [0.4, 0.5) is 0 Å². The normalized spacial score (nSPS) is 10.5. The van der Waals surface area contributed by atoms with Gasteiger partial charge in [-0.2, -0.15) is 0 Å². The van der Waals surface area contributed by atoms with Crippen LogP contribution in [0.15, 0.2) is 23.1 Å². The number of aromatic carboxylic acids is 1. The second-order valence-electron chi connectivity index (χ2n) is 4.19. The molecule has 0 aromatic heterocycles. The topological polar surface area (TPSA) is 37.3 Å². The second kappa shape index (κ2) is 7.38. The quantitative estimate of drug-likeness (QED) is 0.578. The van der Waals surface area contributed by atoms with Crippen LogP contribution in [0.2, 0.25) is 0 Å². The van der Waals surface area contributed by atoms with E-state index < -0.39 is 5.97 Å². The second-order valence-corrected chi connectivity index (χ2v) is 5.36. The van der Waals surface area contributed by atoms with Crippen molar-refractivity contribution in [3.05, 3.63) is 29.3 Å². The fourth-order valence-electron chi connectivity index (χ4n) is 1.64. The van der Waals surface area contributed by atoms with Crippen LogP contribution < -0.4 is 0 Å². The van der Waals surface area contributed by atoms with E-state index in [-0.39, 0.29) is 0 Å². The summed E-state index contributed by atoms with van der Waals surface area (Å²) in [6.45, 7) is 4.03. The Kier molecular flexibility index (Phi) is 6.12. The first-order valence-electron chi connectivity index (χ1n) is 6.12. The van der Waals surface area contributed by atoms with Crippen molar-refractivity contribution >= 4 is 17.7 Å². The van der Waals surface area contributed by atoms with Gasteiger partial charge in [0.2, 0.25) is 0 Å². The summed E-state index contributed by atoms with van der Waals surface area (Å²) in [7, 11) is 0. The van der Waals surface area contributed by atoms with Gasteiger partial charge in [0.05, 0.1) is 5.56 Å². The van der Waals surface area contributed by atoms with Crippen LogP contribution in [0.5, 0.6) is 0 Å². The zero-order chi connectivity index (χ0) is 12.7. The van der Waals surface area contributed by atoms with Crippen LogP contribution in [-0.4, -0.2) is 16.8 Å². The molecule has 0 bridgehead atoms. The maximum atomic E-state index is 11.0. The molecule has 0 aliphatic heterocycles. The third-order valence-corrected chi connectivity index (χ3v) is 3.79. The molecule has 1 aromatic carbocycles. The first kappa shape index (κ1) is 14.1. The van der Waals surface area contributed by atoms with Gasteiger partial charge in [-0.05, 0) is 36.8 Å². The molecule has 94 valence electrons. The monoisotopic (exact) mass is 252 g/mol. The van der Waals surface area contributed by atoms with Crippen molar-refractivity contribution in [3.63, 3.8) is 0 Å². The summed E-state index contributed by atoms with van der Waals surface area (Å²) in [5, 5.41) is 9.02. The van der Waals surface area contributed by atoms with Gasteiger partial charge >= 0.3 is 5.97 Å². The Hall–Kier alpha value is -0.960. The standard InChI is InChI=1S/C14H20O2S/c1-3-4-5-6-9-17-12-8-7-11(2)13(10-12)14(15)16/h7-8,10H,3-6,9H2,1-2H3,(H,15,16). The van der Waals surface area contributed by atoms with Crippen molar-refractivity contribution in [1.29, 1.82) is 0 Å². The highest BCUT2D eigenvalue weighted by atomic mass is 32.2. The Morgan fingerprint density at radius 2 is 2.06 bits per heavy atom. The molecule has 0 aliphatic rings. The summed E-state index contributed by atoms with van der Waals surface area (Å²) >= 11 is 1.75. The van der Waals surface area contributed by atoms with E-state index in [0.717, 1.165) is 16.2 Å². The van der Waals surface area contributed by atoms with Gasteiger partial charge in [0.25, 0.3) is 0 Å². The molecule has 0 unspecified atom stereocenters. The number of aryl methyl sites for hydroxylation is 1. The van der Waals surface area contributed by atoms with Crippen molar-refractivity contribution in [2.75, 3.05) is 5.75 Å². The molecule has 1 aromatic rings. The number of benzene rings is 1. The molecule has 0 fully saturated rings. The lowest BCUT2D eigenvalue weighted by Crippen LogP contribution is -1.99. The number of hydrogen-bond acceptors (Lipinski definition) is 2. The summed E-state index contributed by atoms with van der Waals surface area (Å²) in [5.74, 6) is 0.234. The lowest BCUT2D eigenvalue weighted by Gasteiger charge is -2.05. The summed E-state index contributed by atoms with van der Waals surface area (Å²) in [5.41, 5.74) is 1.25. The van der Waals surface area contributed by atoms with Crippen LogP contribution in [0, 0.1) is 6.92 Å². The summed E-state index contributed by atoms with van der Waals surface area (Å²) in [6.07, 6.45) is 5.00. The van der Waals surface area contributed by atoms with Crippen molar-refractivity contribution in [3.8, 4) is 0 Å². The zero-order valence-electron chi connectivity index (χ0n) is 10.5. The molecule has 1 rings (SSSR count). The minimum atomic E-state index is -0.837. The third-order valence-electron chi connectivity index (χ3n) is 2.71. The van der Waals surface area contributed by atoms with E-state index in [1.165, 1.54) is 25.7 Å². The maximum Gasteiger partial charge on any atom is 0.335 e. The predicted octanol–water partition coefficient (Wildman–Crippen LogP) is 4.37. The molecule has 0 atom stereocenters. The van der Waals surface area contributed by atoms with Crippen LogP contribution in [0.1, 0.15) is 48.5 Å². The van der Waals surface area contributed by atoms with Gasteiger partial charge in [-0.25, -0.2) is 4.79 Å². The molecule has 0 heterocycles. The minimum Gasteiger partial charge on any atom is -0.478 e. The smallest absolute Gasteiger partial charge is 0.335 e. The molecule has 2 nitrogen and oxygen atoms in total. The molecular formula is C14H20O2S. The lowest BCUT2D eigenvalue weighted by molar-refractivity contribution is 0.0696. The van der Waals surface area contributed by atoms with Crippen LogP contribution in [-0.2, 0) is 0 Å². The number of hydrogen-bond donors (Lipinski definition) is 1. The first-order valence-corrected chi connectivity index (χ1v) is 7.10. The van der Waals surface area contributed by atoms with Crippen LogP contribution >= 0.6 is 11.8 Å². The van der Waals surface area contributed by atoms with Crippen LogP contribution in [0.25, 0.3) is 0 Å². The Morgan fingerprint density at radius 1 is 1.29 bits per heavy atom. The van der Waals surface area contributed by atoms with Gasteiger partial charge < -0.3 is 5.11 Å². The van der Waals surface area contributed by atoms with E-state index in [1.807, 2.05) is 19.1 Å². The van der Waals surface area contributed by atoms with E-state index in [4.69, 9.17) is 5.11 Å². The number of carboxylic acid groups (broad SMARTS) is 1. The molecule has 0 aliphatic carbocycles. The van der Waals surface area contributed by atoms with E-state index in [0.29, 0.717) is 5.56 Å². The predicted molar refractivity (Wildman–Crippen MR) is 73.0 cm³/mol. The molecule has 1 N–H and O–H groups in total.